The van der Waals surface area contributed by atoms with Crippen LogP contribution in [0.3, 0.4) is 0 Å². The number of hydrogen-bond acceptors (Lipinski definition) is 4. The Labute approximate surface area is 102 Å². The largest absolute Gasteiger partial charge is 0.481 e. The molecule has 90 valence electrons. The molecule has 0 aliphatic rings. The molecule has 4 heteroatoms. The standard InChI is InChI=1S/C12H20N2OS/c1-3-16-9-5-8-13-10-11-6-4-7-12(14-11)15-2/h4,6-7,13H,3,5,8-10H2,1-2H3. The van der Waals surface area contributed by atoms with Crippen molar-refractivity contribution >= 4 is 11.8 Å². The van der Waals surface area contributed by atoms with E-state index in [9.17, 15) is 0 Å². The van der Waals surface area contributed by atoms with Gasteiger partial charge in [-0.15, -0.1) is 0 Å². The molecule has 0 unspecified atom stereocenters. The van der Waals surface area contributed by atoms with Crippen LogP contribution in [0, 0.1) is 0 Å². The fourth-order valence-corrected chi connectivity index (χ4v) is 1.97. The third kappa shape index (κ3) is 5.37. The maximum atomic E-state index is 5.07. The molecule has 0 atom stereocenters. The molecule has 16 heavy (non-hydrogen) atoms. The second kappa shape index (κ2) is 8.42. The van der Waals surface area contributed by atoms with Crippen molar-refractivity contribution < 1.29 is 4.74 Å². The minimum Gasteiger partial charge on any atom is -0.481 e. The highest BCUT2D eigenvalue weighted by atomic mass is 32.2. The van der Waals surface area contributed by atoms with Gasteiger partial charge < -0.3 is 10.1 Å². The topological polar surface area (TPSA) is 34.1 Å². The van der Waals surface area contributed by atoms with Gasteiger partial charge in [0.25, 0.3) is 0 Å². The van der Waals surface area contributed by atoms with Crippen molar-refractivity contribution in [3.05, 3.63) is 23.9 Å². The Morgan fingerprint density at radius 3 is 3.06 bits per heavy atom. The fourth-order valence-electron chi connectivity index (χ4n) is 1.33. The highest BCUT2D eigenvalue weighted by Gasteiger charge is 1.96. The van der Waals surface area contributed by atoms with Crippen molar-refractivity contribution in [3.63, 3.8) is 0 Å². The van der Waals surface area contributed by atoms with Crippen LogP contribution >= 0.6 is 11.8 Å². The lowest BCUT2D eigenvalue weighted by atomic mass is 10.3. The summed E-state index contributed by atoms with van der Waals surface area (Å²) in [5, 5.41) is 3.38. The summed E-state index contributed by atoms with van der Waals surface area (Å²) in [6, 6.07) is 5.84. The summed E-state index contributed by atoms with van der Waals surface area (Å²) in [6.07, 6.45) is 1.21. The Morgan fingerprint density at radius 2 is 2.31 bits per heavy atom. The molecular weight excluding hydrogens is 220 g/mol. The minimum absolute atomic E-state index is 0.681. The lowest BCUT2D eigenvalue weighted by molar-refractivity contribution is 0.395. The first-order chi connectivity index (χ1) is 7.86. The van der Waals surface area contributed by atoms with Gasteiger partial charge in [-0.2, -0.15) is 11.8 Å². The first-order valence-electron chi connectivity index (χ1n) is 5.65. The average Bonchev–Trinajstić information content (AvgIpc) is 2.34. The Kier molecular flexibility index (Phi) is 7.01. The van der Waals surface area contributed by atoms with E-state index in [1.165, 1.54) is 17.9 Å². The van der Waals surface area contributed by atoms with Gasteiger partial charge in [-0.1, -0.05) is 13.0 Å². The molecule has 1 heterocycles. The third-order valence-electron chi connectivity index (χ3n) is 2.14. The van der Waals surface area contributed by atoms with Gasteiger partial charge in [-0.05, 0) is 30.5 Å². The molecule has 3 nitrogen and oxygen atoms in total. The maximum absolute atomic E-state index is 5.07. The van der Waals surface area contributed by atoms with Crippen LogP contribution in [0.15, 0.2) is 18.2 Å². The van der Waals surface area contributed by atoms with Crippen molar-refractivity contribution in [1.82, 2.24) is 10.3 Å². The summed E-state index contributed by atoms with van der Waals surface area (Å²) in [6.45, 7) is 4.05. The van der Waals surface area contributed by atoms with E-state index < -0.39 is 0 Å². The average molecular weight is 240 g/mol. The zero-order chi connectivity index (χ0) is 11.6. The molecule has 0 aromatic carbocycles. The predicted octanol–water partition coefficient (Wildman–Crippen LogP) is 2.32. The number of hydrogen-bond donors (Lipinski definition) is 1. The lowest BCUT2D eigenvalue weighted by Gasteiger charge is -2.05. The van der Waals surface area contributed by atoms with Gasteiger partial charge in [0.05, 0.1) is 12.8 Å². The number of nitrogens with zero attached hydrogens (tertiary/aromatic N) is 1. The van der Waals surface area contributed by atoms with E-state index >= 15 is 0 Å². The Morgan fingerprint density at radius 1 is 1.44 bits per heavy atom. The minimum atomic E-state index is 0.681. The van der Waals surface area contributed by atoms with Gasteiger partial charge in [-0.3, -0.25) is 0 Å². The summed E-state index contributed by atoms with van der Waals surface area (Å²) in [5.74, 6) is 3.12. The second-order valence-corrected chi connectivity index (χ2v) is 4.79. The van der Waals surface area contributed by atoms with Gasteiger partial charge in [0.15, 0.2) is 0 Å². The summed E-state index contributed by atoms with van der Waals surface area (Å²) in [4.78, 5) is 4.34. The number of ether oxygens (including phenoxy) is 1. The fraction of sp³-hybridized carbons (Fsp3) is 0.583. The highest BCUT2D eigenvalue weighted by Crippen LogP contribution is 2.06. The molecule has 1 N–H and O–H groups in total. The molecule has 0 radical (unpaired) electrons. The van der Waals surface area contributed by atoms with Crippen LogP contribution < -0.4 is 10.1 Å². The Balaban J connectivity index is 2.16. The van der Waals surface area contributed by atoms with Gasteiger partial charge in [-0.25, -0.2) is 4.98 Å². The number of thioether (sulfide) groups is 1. The molecule has 1 rings (SSSR count). The number of rotatable bonds is 8. The smallest absolute Gasteiger partial charge is 0.213 e. The predicted molar refractivity (Wildman–Crippen MR) is 70.1 cm³/mol. The second-order valence-electron chi connectivity index (χ2n) is 3.40. The molecule has 0 amide bonds. The first kappa shape index (κ1) is 13.3. The van der Waals surface area contributed by atoms with E-state index in [0.29, 0.717) is 5.88 Å². The molecule has 1 aromatic heterocycles. The van der Waals surface area contributed by atoms with Gasteiger partial charge >= 0.3 is 0 Å². The molecule has 0 saturated carbocycles. The van der Waals surface area contributed by atoms with Crippen LogP contribution in [0.4, 0.5) is 0 Å². The quantitative estimate of drug-likeness (QED) is 0.707. The zero-order valence-electron chi connectivity index (χ0n) is 10.0. The summed E-state index contributed by atoms with van der Waals surface area (Å²) < 4.78 is 5.07. The summed E-state index contributed by atoms with van der Waals surface area (Å²) in [7, 11) is 1.64. The number of methoxy groups -OCH3 is 1. The maximum Gasteiger partial charge on any atom is 0.213 e. The number of nitrogens with one attached hydrogen (secondary N) is 1. The van der Waals surface area contributed by atoms with E-state index in [1.807, 2.05) is 30.0 Å². The van der Waals surface area contributed by atoms with Crippen molar-refractivity contribution in [1.29, 1.82) is 0 Å². The molecule has 0 spiro atoms. The van der Waals surface area contributed by atoms with Crippen molar-refractivity contribution in [2.24, 2.45) is 0 Å². The molecule has 0 fully saturated rings. The highest BCUT2D eigenvalue weighted by molar-refractivity contribution is 7.99. The monoisotopic (exact) mass is 240 g/mol. The number of aromatic nitrogens is 1. The van der Waals surface area contributed by atoms with Crippen LogP contribution in [0.1, 0.15) is 19.0 Å². The molecular formula is C12H20N2OS. The molecule has 0 aliphatic heterocycles. The van der Waals surface area contributed by atoms with Crippen LogP contribution in [-0.2, 0) is 6.54 Å². The van der Waals surface area contributed by atoms with E-state index in [-0.39, 0.29) is 0 Å². The normalized spacial score (nSPS) is 10.4. The van der Waals surface area contributed by atoms with Crippen molar-refractivity contribution in [3.8, 4) is 5.88 Å². The van der Waals surface area contributed by atoms with Gasteiger partial charge in [0, 0.05) is 12.6 Å². The third-order valence-corrected chi connectivity index (χ3v) is 3.13. The first-order valence-corrected chi connectivity index (χ1v) is 6.80. The van der Waals surface area contributed by atoms with Crippen LogP contribution in [-0.4, -0.2) is 30.1 Å². The number of pyridine rings is 1. The van der Waals surface area contributed by atoms with E-state index in [4.69, 9.17) is 4.74 Å². The Bertz CT molecular complexity index is 294. The van der Waals surface area contributed by atoms with Crippen LogP contribution in [0.5, 0.6) is 5.88 Å². The molecule has 0 bridgehead atoms. The van der Waals surface area contributed by atoms with Gasteiger partial charge in [0.1, 0.15) is 0 Å². The van der Waals surface area contributed by atoms with Crippen molar-refractivity contribution in [2.75, 3.05) is 25.2 Å². The van der Waals surface area contributed by atoms with Crippen LogP contribution in [0.2, 0.25) is 0 Å². The van der Waals surface area contributed by atoms with E-state index in [0.717, 1.165) is 18.8 Å². The zero-order valence-corrected chi connectivity index (χ0v) is 10.8. The lowest BCUT2D eigenvalue weighted by Crippen LogP contribution is -2.16. The summed E-state index contributed by atoms with van der Waals surface area (Å²) >= 11 is 1.98. The van der Waals surface area contributed by atoms with Gasteiger partial charge in [0.2, 0.25) is 5.88 Å². The summed E-state index contributed by atoms with van der Waals surface area (Å²) in [5.41, 5.74) is 1.03. The SMILES string of the molecule is CCSCCCNCc1cccc(OC)n1. The Hall–Kier alpha value is -0.740. The molecule has 1 aromatic rings. The van der Waals surface area contributed by atoms with Crippen LogP contribution in [0.25, 0.3) is 0 Å². The van der Waals surface area contributed by atoms with Crippen molar-refractivity contribution in [2.45, 2.75) is 19.9 Å². The van der Waals surface area contributed by atoms with E-state index in [1.54, 1.807) is 7.11 Å². The molecule has 0 saturated heterocycles. The van der Waals surface area contributed by atoms with E-state index in [2.05, 4.69) is 17.2 Å². The molecule has 0 aliphatic carbocycles.